The Labute approximate surface area is 186 Å². The van der Waals surface area contributed by atoms with Gasteiger partial charge >= 0.3 is 5.97 Å². The minimum Gasteiger partial charge on any atom is -0.488 e. The molecule has 0 fully saturated rings. The molecule has 0 atom stereocenters. The Balaban J connectivity index is 1.60. The lowest BCUT2D eigenvalue weighted by atomic mass is 10.2. The Kier molecular flexibility index (Phi) is 7.35. The molecule has 1 N–H and O–H groups in total. The third kappa shape index (κ3) is 6.02. The first-order chi connectivity index (χ1) is 15.3. The third-order valence-electron chi connectivity index (χ3n) is 4.18. The van der Waals surface area contributed by atoms with Crippen molar-refractivity contribution >= 4 is 34.9 Å². The Bertz CT molecular complexity index is 1150. The molecule has 0 aliphatic carbocycles. The van der Waals surface area contributed by atoms with Gasteiger partial charge in [-0.2, -0.15) is 0 Å². The molecule has 0 heterocycles. The Morgan fingerprint density at radius 2 is 1.78 bits per heavy atom. The van der Waals surface area contributed by atoms with E-state index in [1.54, 1.807) is 30.3 Å². The van der Waals surface area contributed by atoms with Crippen molar-refractivity contribution < 1.29 is 28.4 Å². The maximum Gasteiger partial charge on any atom is 0.342 e. The standard InChI is InChI=1S/C22H16ClFN2O6/c23-18-10-9-16(26(29)30)11-19(18)25-21(27)13-32-22(28)17-3-1-2-4-20(17)31-12-14-5-7-15(24)8-6-14/h1-11H,12-13H2,(H,25,27). The van der Waals surface area contributed by atoms with Gasteiger partial charge in [0.2, 0.25) is 0 Å². The number of nitro benzene ring substituents is 1. The van der Waals surface area contributed by atoms with Crippen molar-refractivity contribution in [3.63, 3.8) is 0 Å². The van der Waals surface area contributed by atoms with E-state index in [1.807, 2.05) is 0 Å². The lowest BCUT2D eigenvalue weighted by molar-refractivity contribution is -0.384. The molecule has 3 aromatic carbocycles. The van der Waals surface area contributed by atoms with Crippen LogP contribution in [0.25, 0.3) is 0 Å². The Hall–Kier alpha value is -3.98. The van der Waals surface area contributed by atoms with Gasteiger partial charge in [-0.25, -0.2) is 9.18 Å². The van der Waals surface area contributed by atoms with Crippen LogP contribution in [0.15, 0.2) is 66.7 Å². The second-order valence-electron chi connectivity index (χ2n) is 6.46. The fourth-order valence-corrected chi connectivity index (χ4v) is 2.79. The van der Waals surface area contributed by atoms with Crippen LogP contribution in [0.4, 0.5) is 15.8 Å². The number of amides is 1. The van der Waals surface area contributed by atoms with E-state index < -0.39 is 23.4 Å². The zero-order valence-electron chi connectivity index (χ0n) is 16.4. The van der Waals surface area contributed by atoms with Crippen molar-refractivity contribution in [1.29, 1.82) is 0 Å². The number of non-ortho nitro benzene ring substituents is 1. The third-order valence-corrected chi connectivity index (χ3v) is 4.51. The predicted octanol–water partition coefficient (Wildman–Crippen LogP) is 4.76. The summed E-state index contributed by atoms with van der Waals surface area (Å²) in [4.78, 5) is 34.8. The summed E-state index contributed by atoms with van der Waals surface area (Å²) >= 11 is 5.94. The van der Waals surface area contributed by atoms with Gasteiger partial charge in [-0.1, -0.05) is 35.9 Å². The fraction of sp³-hybridized carbons (Fsp3) is 0.0909. The van der Waals surface area contributed by atoms with E-state index in [-0.39, 0.29) is 40.1 Å². The molecule has 0 bridgehead atoms. The minimum atomic E-state index is -0.806. The van der Waals surface area contributed by atoms with Crippen LogP contribution in [0, 0.1) is 15.9 Å². The zero-order chi connectivity index (χ0) is 23.1. The van der Waals surface area contributed by atoms with Crippen molar-refractivity contribution in [2.24, 2.45) is 0 Å². The molecule has 3 aromatic rings. The van der Waals surface area contributed by atoms with Gasteiger partial charge in [0.15, 0.2) is 6.61 Å². The molecule has 0 saturated carbocycles. The SMILES string of the molecule is O=C(COC(=O)c1ccccc1OCc1ccc(F)cc1)Nc1cc([N+](=O)[O-])ccc1Cl. The molecule has 0 saturated heterocycles. The average Bonchev–Trinajstić information content (AvgIpc) is 2.78. The van der Waals surface area contributed by atoms with E-state index in [0.29, 0.717) is 5.56 Å². The van der Waals surface area contributed by atoms with Crippen molar-refractivity contribution in [1.82, 2.24) is 0 Å². The number of nitrogens with zero attached hydrogens (tertiary/aromatic N) is 1. The quantitative estimate of drug-likeness (QED) is 0.296. The van der Waals surface area contributed by atoms with Crippen molar-refractivity contribution in [2.75, 3.05) is 11.9 Å². The first-order valence-corrected chi connectivity index (χ1v) is 9.58. The number of anilines is 1. The highest BCUT2D eigenvalue weighted by Crippen LogP contribution is 2.26. The minimum absolute atomic E-state index is 0.0185. The van der Waals surface area contributed by atoms with Crippen molar-refractivity contribution in [2.45, 2.75) is 6.61 Å². The highest BCUT2D eigenvalue weighted by Gasteiger charge is 2.17. The average molecular weight is 459 g/mol. The number of esters is 1. The van der Waals surface area contributed by atoms with E-state index in [4.69, 9.17) is 21.1 Å². The molecule has 0 radical (unpaired) electrons. The molecule has 0 unspecified atom stereocenters. The second-order valence-corrected chi connectivity index (χ2v) is 6.86. The van der Waals surface area contributed by atoms with Crippen LogP contribution in [-0.4, -0.2) is 23.4 Å². The number of hydrogen-bond donors (Lipinski definition) is 1. The van der Waals surface area contributed by atoms with Gasteiger partial charge in [0.25, 0.3) is 11.6 Å². The fourth-order valence-electron chi connectivity index (χ4n) is 2.62. The smallest absolute Gasteiger partial charge is 0.342 e. The lowest BCUT2D eigenvalue weighted by Gasteiger charge is -2.12. The molecular weight excluding hydrogens is 443 g/mol. The molecule has 8 nitrogen and oxygen atoms in total. The van der Waals surface area contributed by atoms with Gasteiger partial charge in [-0.05, 0) is 35.9 Å². The van der Waals surface area contributed by atoms with Gasteiger partial charge in [0.05, 0.1) is 15.6 Å². The molecule has 0 aromatic heterocycles. The summed E-state index contributed by atoms with van der Waals surface area (Å²) in [6.45, 7) is -0.555. The molecule has 164 valence electrons. The van der Waals surface area contributed by atoms with Gasteiger partial charge in [-0.3, -0.25) is 14.9 Å². The topological polar surface area (TPSA) is 108 Å². The maximum absolute atomic E-state index is 13.0. The maximum atomic E-state index is 13.0. The summed E-state index contributed by atoms with van der Waals surface area (Å²) in [6.07, 6.45) is 0. The van der Waals surface area contributed by atoms with Crippen LogP contribution in [0.3, 0.4) is 0 Å². The van der Waals surface area contributed by atoms with Gasteiger partial charge in [0, 0.05) is 12.1 Å². The monoisotopic (exact) mass is 458 g/mol. The van der Waals surface area contributed by atoms with Crippen LogP contribution in [-0.2, 0) is 16.1 Å². The van der Waals surface area contributed by atoms with E-state index in [2.05, 4.69) is 5.32 Å². The molecule has 0 aliphatic rings. The molecule has 3 rings (SSSR count). The Morgan fingerprint density at radius 3 is 2.50 bits per heavy atom. The summed E-state index contributed by atoms with van der Waals surface area (Å²) < 4.78 is 23.7. The van der Waals surface area contributed by atoms with Crippen molar-refractivity contribution in [3.05, 3.63) is 98.8 Å². The van der Waals surface area contributed by atoms with Crippen LogP contribution in [0.1, 0.15) is 15.9 Å². The van der Waals surface area contributed by atoms with Gasteiger partial charge in [-0.15, -0.1) is 0 Å². The molecule has 0 spiro atoms. The number of para-hydroxylation sites is 1. The zero-order valence-corrected chi connectivity index (χ0v) is 17.2. The number of carbonyl (C=O) groups is 2. The highest BCUT2D eigenvalue weighted by molar-refractivity contribution is 6.33. The van der Waals surface area contributed by atoms with E-state index >= 15 is 0 Å². The van der Waals surface area contributed by atoms with E-state index in [0.717, 1.165) is 6.07 Å². The number of ether oxygens (including phenoxy) is 2. The highest BCUT2D eigenvalue weighted by atomic mass is 35.5. The van der Waals surface area contributed by atoms with E-state index in [9.17, 15) is 24.1 Å². The van der Waals surface area contributed by atoms with Crippen LogP contribution in [0.5, 0.6) is 5.75 Å². The summed E-state index contributed by atoms with van der Waals surface area (Å²) in [5.41, 5.74) is 0.553. The number of carbonyl (C=O) groups excluding carboxylic acids is 2. The molecule has 10 heteroatoms. The first-order valence-electron chi connectivity index (χ1n) is 9.20. The summed E-state index contributed by atoms with van der Waals surface area (Å²) in [7, 11) is 0. The molecule has 32 heavy (non-hydrogen) atoms. The molecule has 0 aliphatic heterocycles. The number of benzene rings is 3. The van der Waals surface area contributed by atoms with Crippen molar-refractivity contribution in [3.8, 4) is 5.75 Å². The molecule has 1 amide bonds. The Morgan fingerprint density at radius 1 is 1.06 bits per heavy atom. The predicted molar refractivity (Wildman–Crippen MR) is 114 cm³/mol. The number of halogens is 2. The number of nitro groups is 1. The summed E-state index contributed by atoms with van der Waals surface area (Å²) in [5.74, 6) is -1.68. The number of nitrogens with one attached hydrogen (secondary N) is 1. The first kappa shape index (κ1) is 22.7. The number of rotatable bonds is 8. The lowest BCUT2D eigenvalue weighted by Crippen LogP contribution is -2.21. The number of hydrogen-bond acceptors (Lipinski definition) is 6. The second kappa shape index (κ2) is 10.4. The largest absolute Gasteiger partial charge is 0.488 e. The van der Waals surface area contributed by atoms with Gasteiger partial charge in [0.1, 0.15) is 23.7 Å². The van der Waals surface area contributed by atoms with Crippen LogP contribution >= 0.6 is 11.6 Å². The van der Waals surface area contributed by atoms with Crippen LogP contribution in [0.2, 0.25) is 5.02 Å². The van der Waals surface area contributed by atoms with Gasteiger partial charge < -0.3 is 14.8 Å². The van der Waals surface area contributed by atoms with Crippen LogP contribution < -0.4 is 10.1 Å². The summed E-state index contributed by atoms with van der Waals surface area (Å²) in [6, 6.07) is 15.6. The summed E-state index contributed by atoms with van der Waals surface area (Å²) in [5, 5.41) is 13.3. The molecular formula is C22H16ClFN2O6. The normalized spacial score (nSPS) is 10.3. The van der Waals surface area contributed by atoms with E-state index in [1.165, 1.54) is 30.3 Å².